The van der Waals surface area contributed by atoms with Gasteiger partial charge in [0.25, 0.3) is 0 Å². The van der Waals surface area contributed by atoms with Gasteiger partial charge < -0.3 is 4.74 Å². The molecule has 0 spiro atoms. The molecule has 3 rings (SSSR count). The summed E-state index contributed by atoms with van der Waals surface area (Å²) in [4.78, 5) is 0. The van der Waals surface area contributed by atoms with E-state index in [9.17, 15) is 4.39 Å². The van der Waals surface area contributed by atoms with Crippen LogP contribution in [0.15, 0.2) is 42.5 Å². The minimum absolute atomic E-state index is 0.0851. The highest BCUT2D eigenvalue weighted by molar-refractivity contribution is 6.33. The van der Waals surface area contributed by atoms with Crippen LogP contribution < -0.4 is 0 Å². The minimum atomic E-state index is -0.260. The van der Waals surface area contributed by atoms with Gasteiger partial charge in [-0.05, 0) is 29.3 Å². The Morgan fingerprint density at radius 1 is 1.12 bits per heavy atom. The zero-order valence-corrected chi connectivity index (χ0v) is 9.75. The van der Waals surface area contributed by atoms with Gasteiger partial charge >= 0.3 is 0 Å². The van der Waals surface area contributed by atoms with Gasteiger partial charge in [0, 0.05) is 10.6 Å². The molecule has 1 nitrogen and oxygen atoms in total. The molecule has 0 radical (unpaired) electrons. The van der Waals surface area contributed by atoms with Crippen LogP contribution in [-0.4, -0.2) is 6.61 Å². The van der Waals surface area contributed by atoms with Crippen molar-refractivity contribution >= 4 is 11.6 Å². The average molecular weight is 249 g/mol. The van der Waals surface area contributed by atoms with Gasteiger partial charge in [-0.2, -0.15) is 0 Å². The van der Waals surface area contributed by atoms with Crippen molar-refractivity contribution in [3.63, 3.8) is 0 Å². The molecule has 1 saturated heterocycles. The predicted octanol–water partition coefficient (Wildman–Crippen LogP) is 4.22. The number of benzene rings is 2. The van der Waals surface area contributed by atoms with Gasteiger partial charge in [0.05, 0.1) is 6.61 Å². The molecular weight excluding hydrogens is 239 g/mol. The fraction of sp³-hybridized carbons (Fsp3) is 0.143. The molecule has 1 unspecified atom stereocenters. The molecule has 0 amide bonds. The Bertz CT molecular complexity index is 564. The summed E-state index contributed by atoms with van der Waals surface area (Å²) in [5, 5.41) is 0.625. The Balaban J connectivity index is 2.18. The number of ether oxygens (including phenoxy) is 1. The third-order valence-electron chi connectivity index (χ3n) is 2.86. The van der Waals surface area contributed by atoms with Gasteiger partial charge in [0.1, 0.15) is 11.9 Å². The highest BCUT2D eigenvalue weighted by Crippen LogP contribution is 2.39. The van der Waals surface area contributed by atoms with Crippen molar-refractivity contribution in [2.45, 2.75) is 6.10 Å². The third kappa shape index (κ3) is 2.06. The summed E-state index contributed by atoms with van der Waals surface area (Å²) in [5.74, 6) is -0.260. The van der Waals surface area contributed by atoms with Crippen molar-refractivity contribution < 1.29 is 9.13 Å². The van der Waals surface area contributed by atoms with Crippen LogP contribution in [0, 0.1) is 5.82 Å². The first-order valence-electron chi connectivity index (χ1n) is 5.41. The quantitative estimate of drug-likeness (QED) is 0.725. The highest BCUT2D eigenvalue weighted by Gasteiger charge is 2.28. The first-order valence-corrected chi connectivity index (χ1v) is 5.79. The maximum absolute atomic E-state index is 13.4. The summed E-state index contributed by atoms with van der Waals surface area (Å²) in [6, 6.07) is 12.2. The van der Waals surface area contributed by atoms with Crippen LogP contribution in [0.4, 0.5) is 4.39 Å². The van der Waals surface area contributed by atoms with Crippen molar-refractivity contribution in [2.24, 2.45) is 0 Å². The number of hydrogen-bond donors (Lipinski definition) is 0. The van der Waals surface area contributed by atoms with E-state index in [1.807, 2.05) is 18.2 Å². The standard InChI is InChI=1S/C14H10ClFO/c15-13-4-2-1-3-10(13)12-7-9(16)5-6-11(12)14-8-17-14/h1-7,14H,8H2. The molecule has 2 aromatic carbocycles. The summed E-state index contributed by atoms with van der Waals surface area (Å²) in [7, 11) is 0. The molecule has 3 heteroatoms. The lowest BCUT2D eigenvalue weighted by Gasteiger charge is -2.09. The minimum Gasteiger partial charge on any atom is -0.368 e. The third-order valence-corrected chi connectivity index (χ3v) is 3.19. The Kier molecular flexibility index (Phi) is 2.61. The molecule has 1 aliphatic rings. The molecule has 0 saturated carbocycles. The van der Waals surface area contributed by atoms with E-state index in [4.69, 9.17) is 16.3 Å². The summed E-state index contributed by atoms with van der Waals surface area (Å²) in [6.07, 6.45) is 0.0851. The maximum atomic E-state index is 13.4. The van der Waals surface area contributed by atoms with E-state index < -0.39 is 0 Å². The first kappa shape index (κ1) is 10.8. The number of hydrogen-bond acceptors (Lipinski definition) is 1. The van der Waals surface area contributed by atoms with E-state index in [0.29, 0.717) is 11.6 Å². The fourth-order valence-electron chi connectivity index (χ4n) is 1.95. The van der Waals surface area contributed by atoms with Crippen LogP contribution in [0.25, 0.3) is 11.1 Å². The topological polar surface area (TPSA) is 12.5 Å². The van der Waals surface area contributed by atoms with Gasteiger partial charge in [-0.15, -0.1) is 0 Å². The van der Waals surface area contributed by atoms with E-state index in [2.05, 4.69) is 0 Å². The van der Waals surface area contributed by atoms with Gasteiger partial charge in [-0.1, -0.05) is 35.9 Å². The maximum Gasteiger partial charge on any atom is 0.123 e. The largest absolute Gasteiger partial charge is 0.368 e. The molecule has 1 heterocycles. The monoisotopic (exact) mass is 248 g/mol. The van der Waals surface area contributed by atoms with Crippen LogP contribution in [-0.2, 0) is 4.74 Å². The van der Waals surface area contributed by atoms with Gasteiger partial charge in [0.15, 0.2) is 0 Å². The smallest absolute Gasteiger partial charge is 0.123 e. The summed E-state index contributed by atoms with van der Waals surface area (Å²) >= 11 is 6.14. The summed E-state index contributed by atoms with van der Waals surface area (Å²) < 4.78 is 18.6. The molecule has 0 aliphatic carbocycles. The molecule has 0 N–H and O–H groups in total. The van der Waals surface area contributed by atoms with Crippen LogP contribution in [0.1, 0.15) is 11.7 Å². The molecule has 1 aliphatic heterocycles. The average Bonchev–Trinajstić information content (AvgIpc) is 3.13. The molecule has 0 bridgehead atoms. The zero-order valence-electron chi connectivity index (χ0n) is 8.99. The van der Waals surface area contributed by atoms with Crippen LogP contribution in [0.5, 0.6) is 0 Å². The predicted molar refractivity (Wildman–Crippen MR) is 65.5 cm³/mol. The first-order chi connectivity index (χ1) is 8.25. The Hall–Kier alpha value is -1.38. The van der Waals surface area contributed by atoms with Crippen LogP contribution in [0.3, 0.4) is 0 Å². The number of halogens is 2. The molecule has 2 aromatic rings. The SMILES string of the molecule is Fc1ccc(C2CO2)c(-c2ccccc2Cl)c1. The Labute approximate surface area is 104 Å². The highest BCUT2D eigenvalue weighted by atomic mass is 35.5. The second-order valence-corrected chi connectivity index (χ2v) is 4.44. The summed E-state index contributed by atoms with van der Waals surface area (Å²) in [6.45, 7) is 0.698. The second-order valence-electron chi connectivity index (χ2n) is 4.03. The van der Waals surface area contributed by atoms with Gasteiger partial charge in [0.2, 0.25) is 0 Å². The van der Waals surface area contributed by atoms with E-state index in [1.54, 1.807) is 12.1 Å². The molecule has 0 aromatic heterocycles. The molecule has 17 heavy (non-hydrogen) atoms. The number of epoxide rings is 1. The van der Waals surface area contributed by atoms with Crippen molar-refractivity contribution in [1.82, 2.24) is 0 Å². The normalized spacial score (nSPS) is 18.1. The lowest BCUT2D eigenvalue weighted by Crippen LogP contribution is -1.90. The van der Waals surface area contributed by atoms with Crippen LogP contribution in [0.2, 0.25) is 5.02 Å². The Morgan fingerprint density at radius 2 is 1.88 bits per heavy atom. The molecule has 1 atom stereocenters. The fourth-order valence-corrected chi connectivity index (χ4v) is 2.19. The van der Waals surface area contributed by atoms with Crippen LogP contribution >= 0.6 is 11.6 Å². The van der Waals surface area contributed by atoms with E-state index in [1.165, 1.54) is 12.1 Å². The van der Waals surface area contributed by atoms with E-state index in [0.717, 1.165) is 16.7 Å². The van der Waals surface area contributed by atoms with Gasteiger partial charge in [-0.3, -0.25) is 0 Å². The second kappa shape index (κ2) is 4.13. The lowest BCUT2D eigenvalue weighted by molar-refractivity contribution is 0.416. The zero-order chi connectivity index (χ0) is 11.8. The van der Waals surface area contributed by atoms with Crippen molar-refractivity contribution in [3.8, 4) is 11.1 Å². The lowest BCUT2D eigenvalue weighted by atomic mass is 9.97. The number of rotatable bonds is 2. The summed E-state index contributed by atoms with van der Waals surface area (Å²) in [5.41, 5.74) is 2.66. The molecule has 1 fully saturated rings. The van der Waals surface area contributed by atoms with E-state index in [-0.39, 0.29) is 11.9 Å². The molecular formula is C14H10ClFO. The molecule has 86 valence electrons. The van der Waals surface area contributed by atoms with E-state index >= 15 is 0 Å². The Morgan fingerprint density at radius 3 is 2.59 bits per heavy atom. The van der Waals surface area contributed by atoms with Crippen molar-refractivity contribution in [3.05, 3.63) is 58.9 Å². The van der Waals surface area contributed by atoms with Gasteiger partial charge in [-0.25, -0.2) is 4.39 Å². The van der Waals surface area contributed by atoms with Crippen molar-refractivity contribution in [1.29, 1.82) is 0 Å². The van der Waals surface area contributed by atoms with Crippen molar-refractivity contribution in [2.75, 3.05) is 6.61 Å².